The number of likely N-dealkylation sites (tertiary alicyclic amines) is 1. The minimum absolute atomic E-state index is 0.0951. The van der Waals surface area contributed by atoms with E-state index in [-0.39, 0.29) is 6.04 Å². The number of ether oxygens (including phenoxy) is 1. The van der Waals surface area contributed by atoms with Gasteiger partial charge in [0.1, 0.15) is 5.75 Å². The SMILES string of the molecule is NC(=NO)C1CCCN1CCc1ccc2c(c1)CCO2. The third kappa shape index (κ3) is 2.58. The number of nitrogens with zero attached hydrogens (tertiary/aromatic N) is 2. The van der Waals surface area contributed by atoms with Crippen LogP contribution in [0.25, 0.3) is 0 Å². The Morgan fingerprint density at radius 2 is 2.40 bits per heavy atom. The molecule has 3 rings (SSSR count). The molecule has 3 N–H and O–H groups in total. The quantitative estimate of drug-likeness (QED) is 0.377. The molecule has 0 amide bonds. The summed E-state index contributed by atoms with van der Waals surface area (Å²) in [5.41, 5.74) is 8.40. The lowest BCUT2D eigenvalue weighted by Crippen LogP contribution is -2.41. The van der Waals surface area contributed by atoms with Crippen LogP contribution in [0, 0.1) is 0 Å². The lowest BCUT2D eigenvalue weighted by molar-refractivity contribution is 0.282. The highest BCUT2D eigenvalue weighted by Gasteiger charge is 2.27. The fraction of sp³-hybridized carbons (Fsp3) is 0.533. The number of benzene rings is 1. The van der Waals surface area contributed by atoms with Gasteiger partial charge in [-0.2, -0.15) is 0 Å². The topological polar surface area (TPSA) is 71.1 Å². The Morgan fingerprint density at radius 1 is 1.50 bits per heavy atom. The van der Waals surface area contributed by atoms with Crippen molar-refractivity contribution < 1.29 is 9.94 Å². The van der Waals surface area contributed by atoms with E-state index in [2.05, 4.69) is 28.3 Å². The van der Waals surface area contributed by atoms with E-state index in [0.717, 1.165) is 51.1 Å². The number of rotatable bonds is 4. The second-order valence-electron chi connectivity index (χ2n) is 5.51. The predicted molar refractivity (Wildman–Crippen MR) is 77.3 cm³/mol. The zero-order valence-corrected chi connectivity index (χ0v) is 11.6. The summed E-state index contributed by atoms with van der Waals surface area (Å²) in [7, 11) is 0. The molecule has 0 aliphatic carbocycles. The van der Waals surface area contributed by atoms with Crippen LogP contribution in [-0.2, 0) is 12.8 Å². The summed E-state index contributed by atoms with van der Waals surface area (Å²) in [6.45, 7) is 2.77. The number of fused-ring (bicyclic) bond motifs is 1. The second-order valence-corrected chi connectivity index (χ2v) is 5.51. The highest BCUT2D eigenvalue weighted by atomic mass is 16.5. The Hall–Kier alpha value is -1.75. The molecule has 5 nitrogen and oxygen atoms in total. The van der Waals surface area contributed by atoms with E-state index >= 15 is 0 Å². The van der Waals surface area contributed by atoms with Gasteiger partial charge in [-0.15, -0.1) is 0 Å². The van der Waals surface area contributed by atoms with Crippen molar-refractivity contribution in [1.29, 1.82) is 0 Å². The molecule has 1 aromatic rings. The maximum Gasteiger partial charge on any atom is 0.156 e. The maximum atomic E-state index is 8.83. The maximum absolute atomic E-state index is 8.83. The lowest BCUT2D eigenvalue weighted by atomic mass is 10.1. The second kappa shape index (κ2) is 5.71. The Labute approximate surface area is 119 Å². The summed E-state index contributed by atoms with van der Waals surface area (Å²) < 4.78 is 5.52. The van der Waals surface area contributed by atoms with Crippen LogP contribution in [0.4, 0.5) is 0 Å². The molecule has 1 saturated heterocycles. The first-order valence-corrected chi connectivity index (χ1v) is 7.24. The molecule has 0 bridgehead atoms. The standard InChI is InChI=1S/C15H21N3O2/c16-15(17-19)13-2-1-7-18(13)8-5-11-3-4-14-12(10-11)6-9-20-14/h3-4,10,13,19H,1-2,5-9H2,(H2,16,17). The molecule has 0 saturated carbocycles. The van der Waals surface area contributed by atoms with E-state index in [1.165, 1.54) is 11.1 Å². The highest BCUT2D eigenvalue weighted by molar-refractivity contribution is 5.85. The molecule has 108 valence electrons. The number of hydrogen-bond donors (Lipinski definition) is 2. The molecule has 1 atom stereocenters. The predicted octanol–water partition coefficient (Wildman–Crippen LogP) is 1.37. The summed E-state index contributed by atoms with van der Waals surface area (Å²) >= 11 is 0. The van der Waals surface area contributed by atoms with Gasteiger partial charge in [-0.1, -0.05) is 17.3 Å². The van der Waals surface area contributed by atoms with Gasteiger partial charge in [0.25, 0.3) is 0 Å². The number of hydrogen-bond acceptors (Lipinski definition) is 4. The fourth-order valence-electron chi connectivity index (χ4n) is 3.16. The first-order chi connectivity index (χ1) is 9.78. The summed E-state index contributed by atoms with van der Waals surface area (Å²) in [5.74, 6) is 1.37. The van der Waals surface area contributed by atoms with Crippen molar-refractivity contribution in [2.75, 3.05) is 19.7 Å². The highest BCUT2D eigenvalue weighted by Crippen LogP contribution is 2.26. The molecule has 0 radical (unpaired) electrons. The average molecular weight is 275 g/mol. The fourth-order valence-corrected chi connectivity index (χ4v) is 3.16. The van der Waals surface area contributed by atoms with E-state index in [1.54, 1.807) is 0 Å². The zero-order chi connectivity index (χ0) is 13.9. The summed E-state index contributed by atoms with van der Waals surface area (Å²) in [6.07, 6.45) is 4.09. The van der Waals surface area contributed by atoms with E-state index < -0.39 is 0 Å². The van der Waals surface area contributed by atoms with E-state index in [9.17, 15) is 0 Å². The van der Waals surface area contributed by atoms with Gasteiger partial charge in [-0.25, -0.2) is 0 Å². The van der Waals surface area contributed by atoms with Crippen LogP contribution in [0.3, 0.4) is 0 Å². The van der Waals surface area contributed by atoms with Gasteiger partial charge in [0, 0.05) is 13.0 Å². The molecule has 0 spiro atoms. The van der Waals surface area contributed by atoms with Crippen molar-refractivity contribution in [3.05, 3.63) is 29.3 Å². The number of nitrogens with two attached hydrogens (primary N) is 1. The Morgan fingerprint density at radius 3 is 3.25 bits per heavy atom. The van der Waals surface area contributed by atoms with Gasteiger partial charge in [0.2, 0.25) is 0 Å². The molecule has 2 aliphatic heterocycles. The molecule has 5 heteroatoms. The smallest absolute Gasteiger partial charge is 0.156 e. The van der Waals surface area contributed by atoms with E-state index in [1.807, 2.05) is 0 Å². The van der Waals surface area contributed by atoms with Gasteiger partial charge in [0.05, 0.1) is 12.6 Å². The van der Waals surface area contributed by atoms with Crippen molar-refractivity contribution in [3.8, 4) is 5.75 Å². The molecule has 20 heavy (non-hydrogen) atoms. The molecular formula is C15H21N3O2. The molecule has 2 aliphatic rings. The van der Waals surface area contributed by atoms with Gasteiger partial charge < -0.3 is 15.7 Å². The van der Waals surface area contributed by atoms with Gasteiger partial charge >= 0.3 is 0 Å². The molecule has 2 heterocycles. The van der Waals surface area contributed by atoms with Crippen LogP contribution in [0.1, 0.15) is 24.0 Å². The molecule has 1 fully saturated rings. The number of amidine groups is 1. The van der Waals surface area contributed by atoms with Gasteiger partial charge in [0.15, 0.2) is 5.84 Å². The summed E-state index contributed by atoms with van der Waals surface area (Å²) in [4.78, 5) is 2.30. The van der Waals surface area contributed by atoms with E-state index in [0.29, 0.717) is 5.84 Å². The summed E-state index contributed by atoms with van der Waals surface area (Å²) in [6, 6.07) is 6.55. The molecule has 1 aromatic carbocycles. The molecule has 1 unspecified atom stereocenters. The number of oxime groups is 1. The third-order valence-electron chi connectivity index (χ3n) is 4.26. The van der Waals surface area contributed by atoms with Crippen LogP contribution >= 0.6 is 0 Å². The normalized spacial score (nSPS) is 22.8. The lowest BCUT2D eigenvalue weighted by Gasteiger charge is -2.23. The van der Waals surface area contributed by atoms with Crippen LogP contribution in [0.15, 0.2) is 23.4 Å². The third-order valence-corrected chi connectivity index (χ3v) is 4.26. The Balaban J connectivity index is 1.62. The van der Waals surface area contributed by atoms with Crippen molar-refractivity contribution in [2.24, 2.45) is 10.9 Å². The molecule has 0 aromatic heterocycles. The van der Waals surface area contributed by atoms with Crippen molar-refractivity contribution >= 4 is 5.84 Å². The Bertz CT molecular complexity index is 516. The first kappa shape index (κ1) is 13.2. The van der Waals surface area contributed by atoms with Crippen molar-refractivity contribution in [3.63, 3.8) is 0 Å². The van der Waals surface area contributed by atoms with E-state index in [4.69, 9.17) is 15.7 Å². The van der Waals surface area contributed by atoms with Crippen LogP contribution < -0.4 is 10.5 Å². The largest absolute Gasteiger partial charge is 0.493 e. The van der Waals surface area contributed by atoms with Crippen molar-refractivity contribution in [2.45, 2.75) is 31.7 Å². The van der Waals surface area contributed by atoms with Crippen LogP contribution in [0.2, 0.25) is 0 Å². The summed E-state index contributed by atoms with van der Waals surface area (Å²) in [5, 5.41) is 12.0. The first-order valence-electron chi connectivity index (χ1n) is 7.24. The van der Waals surface area contributed by atoms with Gasteiger partial charge in [-0.05, 0) is 43.0 Å². The monoisotopic (exact) mass is 275 g/mol. The Kier molecular flexibility index (Phi) is 3.78. The minimum Gasteiger partial charge on any atom is -0.493 e. The van der Waals surface area contributed by atoms with Crippen LogP contribution in [0.5, 0.6) is 5.75 Å². The van der Waals surface area contributed by atoms with Crippen molar-refractivity contribution in [1.82, 2.24) is 4.90 Å². The zero-order valence-electron chi connectivity index (χ0n) is 11.6. The van der Waals surface area contributed by atoms with Crippen LogP contribution in [-0.4, -0.2) is 41.7 Å². The average Bonchev–Trinajstić information content (AvgIpc) is 3.12. The minimum atomic E-state index is 0.0951. The van der Waals surface area contributed by atoms with Gasteiger partial charge in [-0.3, -0.25) is 4.90 Å². The molecular weight excluding hydrogens is 254 g/mol.